The van der Waals surface area contributed by atoms with E-state index in [9.17, 15) is 4.79 Å². The summed E-state index contributed by atoms with van der Waals surface area (Å²) < 4.78 is 5.14. The van der Waals surface area contributed by atoms with E-state index in [4.69, 9.17) is 0 Å². The number of hydrogen-bond donors (Lipinski definition) is 0. The minimum absolute atomic E-state index is 0.0155. The minimum atomic E-state index is -0.0155. The molecule has 0 radical (unpaired) electrons. The van der Waals surface area contributed by atoms with Crippen molar-refractivity contribution in [2.24, 2.45) is 14.1 Å². The molecule has 0 saturated heterocycles. The van der Waals surface area contributed by atoms with Gasteiger partial charge in [0.05, 0.1) is 11.4 Å². The van der Waals surface area contributed by atoms with E-state index in [1.54, 1.807) is 11.6 Å². The number of hydrogen-bond acceptors (Lipinski definition) is 4. The summed E-state index contributed by atoms with van der Waals surface area (Å²) in [5, 5.41) is 8.67. The molecule has 0 aromatic carbocycles. The molecule has 0 N–H and O–H groups in total. The van der Waals surface area contributed by atoms with Gasteiger partial charge in [-0.15, -0.1) is 0 Å². The lowest BCUT2D eigenvalue weighted by atomic mass is 10.3. The maximum Gasteiger partial charge on any atom is 0.345 e. The van der Waals surface area contributed by atoms with E-state index in [1.807, 2.05) is 18.7 Å². The van der Waals surface area contributed by atoms with Gasteiger partial charge in [-0.3, -0.25) is 14.1 Å². The van der Waals surface area contributed by atoms with Gasteiger partial charge in [0, 0.05) is 46.7 Å². The van der Waals surface area contributed by atoms with Gasteiger partial charge in [-0.25, -0.2) is 9.48 Å². The van der Waals surface area contributed by atoms with Gasteiger partial charge >= 0.3 is 5.69 Å². The van der Waals surface area contributed by atoms with Crippen molar-refractivity contribution in [3.8, 4) is 0 Å². The van der Waals surface area contributed by atoms with Gasteiger partial charge in [0.1, 0.15) is 5.82 Å². The first-order chi connectivity index (χ1) is 9.54. The molecule has 0 amide bonds. The molecular weight excluding hydrogens is 256 g/mol. The van der Waals surface area contributed by atoms with E-state index < -0.39 is 0 Å². The van der Waals surface area contributed by atoms with E-state index in [0.717, 1.165) is 37.6 Å². The predicted molar refractivity (Wildman–Crippen MR) is 74.4 cm³/mol. The summed E-state index contributed by atoms with van der Waals surface area (Å²) >= 11 is 0. The van der Waals surface area contributed by atoms with Crippen LogP contribution < -0.4 is 5.69 Å². The summed E-state index contributed by atoms with van der Waals surface area (Å²) in [4.78, 5) is 14.3. The van der Waals surface area contributed by atoms with Crippen molar-refractivity contribution in [1.29, 1.82) is 0 Å². The monoisotopic (exact) mass is 276 g/mol. The van der Waals surface area contributed by atoms with Crippen LogP contribution in [0.3, 0.4) is 0 Å². The fraction of sp³-hybridized carbons (Fsp3) is 0.615. The Balaban J connectivity index is 1.74. The molecule has 3 rings (SSSR count). The fourth-order valence-corrected chi connectivity index (χ4v) is 2.78. The lowest BCUT2D eigenvalue weighted by Gasteiger charge is -2.19. The highest BCUT2D eigenvalue weighted by atomic mass is 16.2. The summed E-state index contributed by atoms with van der Waals surface area (Å²) in [6, 6.07) is 2.11. The second-order valence-electron chi connectivity index (χ2n) is 5.40. The maximum absolute atomic E-state index is 11.9. The molecule has 108 valence electrons. The Morgan fingerprint density at radius 1 is 1.15 bits per heavy atom. The Morgan fingerprint density at radius 2 is 1.95 bits per heavy atom. The van der Waals surface area contributed by atoms with Crippen molar-refractivity contribution in [1.82, 2.24) is 29.0 Å². The highest BCUT2D eigenvalue weighted by Gasteiger charge is 2.19. The summed E-state index contributed by atoms with van der Waals surface area (Å²) in [7, 11) is 3.68. The van der Waals surface area contributed by atoms with Crippen molar-refractivity contribution >= 4 is 0 Å². The van der Waals surface area contributed by atoms with Gasteiger partial charge in [-0.2, -0.15) is 10.2 Å². The van der Waals surface area contributed by atoms with Crippen molar-refractivity contribution in [3.05, 3.63) is 33.8 Å². The molecule has 20 heavy (non-hydrogen) atoms. The normalized spacial score (nSPS) is 16.1. The molecule has 2 aromatic rings. The molecule has 0 bridgehead atoms. The molecule has 0 unspecified atom stereocenters. The van der Waals surface area contributed by atoms with Crippen LogP contribution in [-0.2, 0) is 33.6 Å². The first kappa shape index (κ1) is 13.1. The molecule has 0 aliphatic carbocycles. The van der Waals surface area contributed by atoms with Crippen molar-refractivity contribution in [2.45, 2.75) is 26.4 Å². The Labute approximate surface area is 117 Å². The number of aromatic nitrogens is 5. The maximum atomic E-state index is 11.9. The first-order valence-corrected chi connectivity index (χ1v) is 6.89. The molecule has 0 atom stereocenters. The predicted octanol–water partition coefficient (Wildman–Crippen LogP) is -0.318. The highest BCUT2D eigenvalue weighted by Crippen LogP contribution is 2.10. The van der Waals surface area contributed by atoms with Crippen LogP contribution >= 0.6 is 0 Å². The van der Waals surface area contributed by atoms with Crippen LogP contribution in [0.15, 0.2) is 10.9 Å². The van der Waals surface area contributed by atoms with E-state index in [1.165, 1.54) is 10.4 Å². The lowest BCUT2D eigenvalue weighted by Crippen LogP contribution is -2.30. The zero-order valence-electron chi connectivity index (χ0n) is 12.2. The second-order valence-corrected chi connectivity index (χ2v) is 5.40. The van der Waals surface area contributed by atoms with Crippen molar-refractivity contribution in [2.75, 3.05) is 13.1 Å². The molecule has 0 spiro atoms. The first-order valence-electron chi connectivity index (χ1n) is 6.89. The van der Waals surface area contributed by atoms with Crippen LogP contribution in [0.4, 0.5) is 0 Å². The molecule has 2 aromatic heterocycles. The standard InChI is InChI=1S/C13H20N6O/c1-10-8-11(16(2)14-10)9-18-5-4-12-15-17(3)13(20)19(12)7-6-18/h8H,4-7,9H2,1-3H3. The van der Waals surface area contributed by atoms with Gasteiger partial charge in [-0.1, -0.05) is 0 Å². The van der Waals surface area contributed by atoms with Gasteiger partial charge in [-0.05, 0) is 13.0 Å². The number of fused-ring (bicyclic) bond motifs is 1. The van der Waals surface area contributed by atoms with Crippen LogP contribution in [0.25, 0.3) is 0 Å². The van der Waals surface area contributed by atoms with Gasteiger partial charge in [0.2, 0.25) is 0 Å². The van der Waals surface area contributed by atoms with E-state index in [0.29, 0.717) is 6.54 Å². The molecule has 1 aliphatic heterocycles. The lowest BCUT2D eigenvalue weighted by molar-refractivity contribution is 0.262. The summed E-state index contributed by atoms with van der Waals surface area (Å²) in [6.45, 7) is 5.36. The molecule has 3 heterocycles. The van der Waals surface area contributed by atoms with E-state index in [2.05, 4.69) is 21.2 Å². The highest BCUT2D eigenvalue weighted by molar-refractivity contribution is 5.08. The van der Waals surface area contributed by atoms with E-state index in [-0.39, 0.29) is 5.69 Å². The fourth-order valence-electron chi connectivity index (χ4n) is 2.78. The summed E-state index contributed by atoms with van der Waals surface area (Å²) in [5.41, 5.74) is 2.23. The Kier molecular flexibility index (Phi) is 3.21. The number of aryl methyl sites for hydroxylation is 3. The second kappa shape index (κ2) is 4.90. The van der Waals surface area contributed by atoms with Crippen LogP contribution in [0.2, 0.25) is 0 Å². The third-order valence-corrected chi connectivity index (χ3v) is 3.86. The average Bonchev–Trinajstić information content (AvgIpc) is 2.76. The van der Waals surface area contributed by atoms with Crippen molar-refractivity contribution in [3.63, 3.8) is 0 Å². The third kappa shape index (κ3) is 2.29. The Morgan fingerprint density at radius 3 is 2.65 bits per heavy atom. The quantitative estimate of drug-likeness (QED) is 0.754. The largest absolute Gasteiger partial charge is 0.345 e. The van der Waals surface area contributed by atoms with Gasteiger partial charge in [0.25, 0.3) is 0 Å². The minimum Gasteiger partial charge on any atom is -0.295 e. The molecular formula is C13H20N6O. The Hall–Kier alpha value is -1.89. The smallest absolute Gasteiger partial charge is 0.295 e. The molecule has 7 heteroatoms. The van der Waals surface area contributed by atoms with Crippen LogP contribution in [0.5, 0.6) is 0 Å². The van der Waals surface area contributed by atoms with Crippen LogP contribution in [0.1, 0.15) is 17.2 Å². The summed E-state index contributed by atoms with van der Waals surface area (Å²) in [5.74, 6) is 0.890. The number of rotatable bonds is 2. The van der Waals surface area contributed by atoms with Gasteiger partial charge in [0.15, 0.2) is 0 Å². The topological polar surface area (TPSA) is 60.9 Å². The zero-order valence-corrected chi connectivity index (χ0v) is 12.2. The van der Waals surface area contributed by atoms with E-state index >= 15 is 0 Å². The molecule has 0 saturated carbocycles. The Bertz CT molecular complexity index is 680. The number of nitrogens with zero attached hydrogens (tertiary/aromatic N) is 6. The zero-order chi connectivity index (χ0) is 14.3. The van der Waals surface area contributed by atoms with Gasteiger partial charge < -0.3 is 0 Å². The van der Waals surface area contributed by atoms with Crippen LogP contribution in [-0.4, -0.2) is 42.1 Å². The summed E-state index contributed by atoms with van der Waals surface area (Å²) in [6.07, 6.45) is 0.812. The molecule has 0 fully saturated rings. The van der Waals surface area contributed by atoms with Crippen molar-refractivity contribution < 1.29 is 0 Å². The SMILES string of the molecule is Cc1cc(CN2CCc3nn(C)c(=O)n3CC2)n(C)n1. The van der Waals surface area contributed by atoms with Crippen LogP contribution in [0, 0.1) is 6.92 Å². The third-order valence-electron chi connectivity index (χ3n) is 3.86. The molecule has 1 aliphatic rings. The molecule has 7 nitrogen and oxygen atoms in total. The average molecular weight is 276 g/mol.